The van der Waals surface area contributed by atoms with Gasteiger partial charge in [0.05, 0.1) is 6.20 Å². The van der Waals surface area contributed by atoms with Crippen LogP contribution in [0.4, 0.5) is 5.88 Å². The molecule has 0 radical (unpaired) electrons. The van der Waals surface area contributed by atoms with Gasteiger partial charge in [0, 0.05) is 24.4 Å². The van der Waals surface area contributed by atoms with Crippen LogP contribution in [0.25, 0.3) is 11.3 Å². The largest absolute Gasteiger partial charge is 0.367 e. The molecular formula is C11H16N4O. The monoisotopic (exact) mass is 220 g/mol. The third-order valence-electron chi connectivity index (χ3n) is 2.41. The van der Waals surface area contributed by atoms with Crippen LogP contribution in [0.3, 0.4) is 0 Å². The van der Waals surface area contributed by atoms with Gasteiger partial charge in [-0.25, -0.2) is 0 Å². The van der Waals surface area contributed by atoms with E-state index in [9.17, 15) is 0 Å². The van der Waals surface area contributed by atoms with Crippen molar-refractivity contribution in [2.24, 2.45) is 13.0 Å². The van der Waals surface area contributed by atoms with Gasteiger partial charge in [0.1, 0.15) is 5.69 Å². The fourth-order valence-electron chi connectivity index (χ4n) is 1.70. The van der Waals surface area contributed by atoms with Crippen LogP contribution < -0.4 is 5.73 Å². The smallest absolute Gasteiger partial charge is 0.225 e. The third kappa shape index (κ3) is 1.93. The van der Waals surface area contributed by atoms with Crippen LogP contribution in [0.15, 0.2) is 16.9 Å². The summed E-state index contributed by atoms with van der Waals surface area (Å²) in [5, 5.41) is 8.12. The van der Waals surface area contributed by atoms with Gasteiger partial charge in [-0.15, -0.1) is 0 Å². The summed E-state index contributed by atoms with van der Waals surface area (Å²) in [6, 6.07) is 0. The van der Waals surface area contributed by atoms with Crippen molar-refractivity contribution < 1.29 is 4.52 Å². The van der Waals surface area contributed by atoms with Gasteiger partial charge in [-0.05, 0) is 12.3 Å². The minimum Gasteiger partial charge on any atom is -0.367 e. The predicted octanol–water partition coefficient (Wildman–Crippen LogP) is 1.86. The van der Waals surface area contributed by atoms with E-state index in [1.165, 1.54) is 0 Å². The molecular weight excluding hydrogens is 204 g/mol. The molecule has 5 heteroatoms. The molecule has 0 bridgehead atoms. The number of hydrogen-bond acceptors (Lipinski definition) is 4. The number of aryl methyl sites for hydroxylation is 1. The van der Waals surface area contributed by atoms with Crippen LogP contribution >= 0.6 is 0 Å². The number of nitrogens with zero attached hydrogens (tertiary/aromatic N) is 3. The van der Waals surface area contributed by atoms with Crippen LogP contribution in [-0.2, 0) is 13.5 Å². The van der Waals surface area contributed by atoms with Gasteiger partial charge >= 0.3 is 0 Å². The molecule has 0 saturated heterocycles. The molecule has 0 amide bonds. The summed E-state index contributed by atoms with van der Waals surface area (Å²) in [4.78, 5) is 0. The van der Waals surface area contributed by atoms with Crippen LogP contribution in [-0.4, -0.2) is 14.9 Å². The van der Waals surface area contributed by atoms with Gasteiger partial charge < -0.3 is 10.3 Å². The van der Waals surface area contributed by atoms with E-state index in [-0.39, 0.29) is 0 Å². The van der Waals surface area contributed by atoms with Crippen molar-refractivity contribution in [2.75, 3.05) is 5.73 Å². The molecule has 86 valence electrons. The van der Waals surface area contributed by atoms with Crippen LogP contribution in [0.1, 0.15) is 19.4 Å². The highest BCUT2D eigenvalue weighted by molar-refractivity contribution is 5.65. The lowest BCUT2D eigenvalue weighted by Gasteiger charge is -2.03. The maximum Gasteiger partial charge on any atom is 0.225 e. The maximum absolute atomic E-state index is 5.78. The molecule has 0 aromatic carbocycles. The van der Waals surface area contributed by atoms with E-state index in [0.717, 1.165) is 23.2 Å². The Bertz CT molecular complexity index is 484. The predicted molar refractivity (Wildman–Crippen MR) is 61.7 cm³/mol. The van der Waals surface area contributed by atoms with Gasteiger partial charge in [-0.1, -0.05) is 19.0 Å². The summed E-state index contributed by atoms with van der Waals surface area (Å²) >= 11 is 0. The molecule has 0 fully saturated rings. The van der Waals surface area contributed by atoms with Crippen molar-refractivity contribution >= 4 is 5.88 Å². The molecule has 5 nitrogen and oxygen atoms in total. The highest BCUT2D eigenvalue weighted by Gasteiger charge is 2.17. The molecule has 2 N–H and O–H groups in total. The molecule has 0 spiro atoms. The van der Waals surface area contributed by atoms with Crippen molar-refractivity contribution in [2.45, 2.75) is 20.3 Å². The van der Waals surface area contributed by atoms with Crippen molar-refractivity contribution in [1.29, 1.82) is 0 Å². The van der Waals surface area contributed by atoms with E-state index in [1.54, 1.807) is 10.9 Å². The molecule has 0 aliphatic rings. The second-order valence-corrected chi connectivity index (χ2v) is 4.37. The number of nitrogens with two attached hydrogens (primary N) is 1. The van der Waals surface area contributed by atoms with Gasteiger partial charge in [0.25, 0.3) is 0 Å². The van der Waals surface area contributed by atoms with E-state index in [1.807, 2.05) is 13.2 Å². The van der Waals surface area contributed by atoms with Crippen LogP contribution in [0, 0.1) is 5.92 Å². The Morgan fingerprint density at radius 2 is 2.25 bits per heavy atom. The second kappa shape index (κ2) is 4.00. The number of nitrogen functional groups attached to an aromatic ring is 1. The van der Waals surface area contributed by atoms with Crippen LogP contribution in [0.5, 0.6) is 0 Å². The zero-order chi connectivity index (χ0) is 11.7. The molecule has 0 aliphatic carbocycles. The van der Waals surface area contributed by atoms with E-state index in [2.05, 4.69) is 24.1 Å². The minimum atomic E-state index is 0.410. The molecule has 0 unspecified atom stereocenters. The van der Waals surface area contributed by atoms with Gasteiger partial charge in [-0.3, -0.25) is 4.68 Å². The highest BCUT2D eigenvalue weighted by atomic mass is 16.5. The Morgan fingerprint density at radius 1 is 1.50 bits per heavy atom. The third-order valence-corrected chi connectivity index (χ3v) is 2.41. The molecule has 0 saturated carbocycles. The lowest BCUT2D eigenvalue weighted by Crippen LogP contribution is -1.98. The molecule has 0 aliphatic heterocycles. The summed E-state index contributed by atoms with van der Waals surface area (Å²) in [6.07, 6.45) is 4.53. The van der Waals surface area contributed by atoms with E-state index >= 15 is 0 Å². The van der Waals surface area contributed by atoms with E-state index in [0.29, 0.717) is 11.8 Å². The first-order chi connectivity index (χ1) is 7.58. The fraction of sp³-hybridized carbons (Fsp3) is 0.455. The second-order valence-electron chi connectivity index (χ2n) is 4.37. The molecule has 2 aromatic heterocycles. The molecule has 2 rings (SSSR count). The number of hydrogen-bond donors (Lipinski definition) is 1. The number of anilines is 1. The lowest BCUT2D eigenvalue weighted by atomic mass is 10.0. The average molecular weight is 220 g/mol. The maximum atomic E-state index is 5.78. The van der Waals surface area contributed by atoms with Gasteiger partial charge in [0.2, 0.25) is 5.88 Å². The van der Waals surface area contributed by atoms with E-state index < -0.39 is 0 Å². The summed E-state index contributed by atoms with van der Waals surface area (Å²) in [5.41, 5.74) is 8.50. The number of aromatic nitrogens is 3. The fourth-order valence-corrected chi connectivity index (χ4v) is 1.70. The topological polar surface area (TPSA) is 69.9 Å². The average Bonchev–Trinajstić information content (AvgIpc) is 2.75. The molecule has 0 atom stereocenters. The first-order valence-corrected chi connectivity index (χ1v) is 5.31. The minimum absolute atomic E-state index is 0.410. The summed E-state index contributed by atoms with van der Waals surface area (Å²) < 4.78 is 6.79. The van der Waals surface area contributed by atoms with Crippen molar-refractivity contribution in [1.82, 2.24) is 14.9 Å². The van der Waals surface area contributed by atoms with E-state index in [4.69, 9.17) is 10.3 Å². The summed E-state index contributed by atoms with van der Waals surface area (Å²) in [7, 11) is 1.87. The van der Waals surface area contributed by atoms with Crippen molar-refractivity contribution in [3.05, 3.63) is 18.0 Å². The van der Waals surface area contributed by atoms with Crippen LogP contribution in [0.2, 0.25) is 0 Å². The normalized spacial score (nSPS) is 11.2. The van der Waals surface area contributed by atoms with Crippen molar-refractivity contribution in [3.8, 4) is 11.3 Å². The molecule has 16 heavy (non-hydrogen) atoms. The molecule has 2 aromatic rings. The SMILES string of the molecule is CC(C)Cc1c(-c2cnn(C)c2)noc1N. The van der Waals surface area contributed by atoms with Gasteiger partial charge in [-0.2, -0.15) is 5.10 Å². The first-order valence-electron chi connectivity index (χ1n) is 5.31. The Morgan fingerprint density at radius 3 is 2.81 bits per heavy atom. The Labute approximate surface area is 94.2 Å². The van der Waals surface area contributed by atoms with Crippen molar-refractivity contribution in [3.63, 3.8) is 0 Å². The lowest BCUT2D eigenvalue weighted by molar-refractivity contribution is 0.438. The number of rotatable bonds is 3. The Hall–Kier alpha value is -1.78. The molecule has 2 heterocycles. The zero-order valence-electron chi connectivity index (χ0n) is 9.77. The quantitative estimate of drug-likeness (QED) is 0.857. The highest BCUT2D eigenvalue weighted by Crippen LogP contribution is 2.28. The first kappa shape index (κ1) is 10.7. The van der Waals surface area contributed by atoms with Gasteiger partial charge in [0.15, 0.2) is 0 Å². The Balaban J connectivity index is 2.41. The summed E-state index contributed by atoms with van der Waals surface area (Å²) in [5.74, 6) is 0.921. The standard InChI is InChI=1S/C11H16N4O/c1-7(2)4-9-10(14-16-11(9)12)8-5-13-15(3)6-8/h5-7H,4,12H2,1-3H3. The Kier molecular flexibility index (Phi) is 2.68. The summed E-state index contributed by atoms with van der Waals surface area (Å²) in [6.45, 7) is 4.28. The zero-order valence-corrected chi connectivity index (χ0v) is 9.77.